The number of esters is 1. The molecule has 0 radical (unpaired) electrons. The van der Waals surface area contributed by atoms with Gasteiger partial charge in [0.15, 0.2) is 0 Å². The third-order valence-electron chi connectivity index (χ3n) is 8.54. The zero-order chi connectivity index (χ0) is 29.0. The van der Waals surface area contributed by atoms with E-state index in [1.165, 1.54) is 16.7 Å². The summed E-state index contributed by atoms with van der Waals surface area (Å²) in [5.41, 5.74) is -1.15. The smallest absolute Gasteiger partial charge is 0.416 e. The Hall–Kier alpha value is -4.35. The summed E-state index contributed by atoms with van der Waals surface area (Å²) in [5, 5.41) is 0. The predicted octanol–water partition coefficient (Wildman–Crippen LogP) is 3.89. The molecule has 0 N–H and O–H groups in total. The fraction of sp³-hybridized carbons (Fsp3) is 0.379. The highest BCUT2D eigenvalue weighted by atomic mass is 19.4. The molecule has 2 saturated carbocycles. The Morgan fingerprint density at radius 1 is 1.02 bits per heavy atom. The molecule has 7 rings (SSSR count). The Labute approximate surface area is 230 Å². The number of fused-ring (bicyclic) bond motifs is 4. The number of hydrogen-bond donors (Lipinski definition) is 0. The molecule has 0 bridgehead atoms. The average molecular weight is 567 g/mol. The van der Waals surface area contributed by atoms with Gasteiger partial charge in [-0.3, -0.25) is 23.1 Å². The largest absolute Gasteiger partial charge is 0.462 e. The highest BCUT2D eigenvalue weighted by Crippen LogP contribution is 2.64. The van der Waals surface area contributed by atoms with Gasteiger partial charge in [0.05, 0.1) is 34.9 Å². The molecule has 9 nitrogen and oxygen atoms in total. The average Bonchev–Trinajstić information content (AvgIpc) is 3.86. The number of hydrogen-bond acceptors (Lipinski definition) is 5. The molecule has 2 fully saturated rings. The molecule has 3 aliphatic rings. The number of aryl methyl sites for hydroxylation is 1. The molecule has 12 heteroatoms. The molecule has 212 valence electrons. The van der Waals surface area contributed by atoms with Crippen LogP contribution in [0.3, 0.4) is 0 Å². The van der Waals surface area contributed by atoms with Crippen molar-refractivity contribution in [2.45, 2.75) is 50.4 Å². The fourth-order valence-electron chi connectivity index (χ4n) is 6.50. The van der Waals surface area contributed by atoms with E-state index in [2.05, 4.69) is 0 Å². The SMILES string of the molecule is CCOC(=O)c1cn(-c2ccc3c(c2)n(C2CC2)c(=O)n3C)c(=O)n([C@H]2c3cccc(C(F)(F)F)c3C3CC32)c1=O. The molecule has 2 aromatic carbocycles. The highest BCUT2D eigenvalue weighted by Gasteiger charge is 2.56. The zero-order valence-electron chi connectivity index (χ0n) is 22.1. The summed E-state index contributed by atoms with van der Waals surface area (Å²) in [6, 6.07) is 7.83. The number of carbonyl (C=O) groups excluding carboxylic acids is 1. The molecule has 3 atom stereocenters. The molecule has 3 aliphatic carbocycles. The van der Waals surface area contributed by atoms with Crippen LogP contribution in [0.5, 0.6) is 0 Å². The topological polar surface area (TPSA) is 97.2 Å². The third kappa shape index (κ3) is 3.69. The zero-order valence-corrected chi connectivity index (χ0v) is 22.1. The first-order valence-electron chi connectivity index (χ1n) is 13.5. The van der Waals surface area contributed by atoms with Crippen LogP contribution in [0.25, 0.3) is 16.7 Å². The van der Waals surface area contributed by atoms with Gasteiger partial charge in [0.25, 0.3) is 5.56 Å². The molecule has 0 amide bonds. The molecular formula is C29H25F3N4O5. The molecule has 0 aliphatic heterocycles. The van der Waals surface area contributed by atoms with Gasteiger partial charge >= 0.3 is 23.5 Å². The minimum Gasteiger partial charge on any atom is -0.462 e. The second-order valence-electron chi connectivity index (χ2n) is 11.0. The number of benzene rings is 2. The lowest BCUT2D eigenvalue weighted by Crippen LogP contribution is -2.44. The van der Waals surface area contributed by atoms with Crippen LogP contribution in [-0.4, -0.2) is 30.8 Å². The van der Waals surface area contributed by atoms with Gasteiger partial charge in [-0.15, -0.1) is 0 Å². The second-order valence-corrected chi connectivity index (χ2v) is 11.0. The van der Waals surface area contributed by atoms with Crippen LogP contribution in [0, 0.1) is 5.92 Å². The van der Waals surface area contributed by atoms with Crippen LogP contribution in [0.2, 0.25) is 0 Å². The standard InChI is InChI=1S/C29H25F3N4O5/c1-3-41-26(38)19-13-34(15-9-10-21-22(11-15)35(14-7-8-14)27(39)33(21)2)28(40)36(25(19)37)24-16-5-4-6-20(29(30,31)32)23(16)17-12-18(17)24/h4-6,9-11,13-14,17-18,24H,3,7-8,12H2,1-2H3/t17?,18?,24-/m0/s1. The normalized spacial score (nSPS) is 21.1. The van der Waals surface area contributed by atoms with Gasteiger partial charge in [0.2, 0.25) is 0 Å². The molecule has 0 spiro atoms. The summed E-state index contributed by atoms with van der Waals surface area (Å²) >= 11 is 0. The number of alkyl halides is 3. The van der Waals surface area contributed by atoms with Gasteiger partial charge in [-0.1, -0.05) is 12.1 Å². The van der Waals surface area contributed by atoms with Crippen molar-refractivity contribution in [2.24, 2.45) is 13.0 Å². The summed E-state index contributed by atoms with van der Waals surface area (Å²) in [4.78, 5) is 53.6. The maximum atomic E-state index is 14.1. The third-order valence-corrected chi connectivity index (χ3v) is 8.54. The van der Waals surface area contributed by atoms with E-state index in [0.29, 0.717) is 23.1 Å². The van der Waals surface area contributed by atoms with E-state index < -0.39 is 46.5 Å². The molecule has 41 heavy (non-hydrogen) atoms. The van der Waals surface area contributed by atoms with Crippen molar-refractivity contribution in [3.8, 4) is 5.69 Å². The van der Waals surface area contributed by atoms with E-state index >= 15 is 0 Å². The first kappa shape index (κ1) is 25.6. The summed E-state index contributed by atoms with van der Waals surface area (Å²) in [6.45, 7) is 1.56. The minimum absolute atomic E-state index is 0.0209. The van der Waals surface area contributed by atoms with Crippen LogP contribution in [-0.2, 0) is 18.0 Å². The van der Waals surface area contributed by atoms with Crippen LogP contribution in [0.15, 0.2) is 57.0 Å². The Morgan fingerprint density at radius 2 is 1.78 bits per heavy atom. The Kier molecular flexibility index (Phi) is 5.36. The summed E-state index contributed by atoms with van der Waals surface area (Å²) < 4.78 is 52.0. The monoisotopic (exact) mass is 566 g/mol. The lowest BCUT2D eigenvalue weighted by Gasteiger charge is -2.21. The molecule has 2 unspecified atom stereocenters. The summed E-state index contributed by atoms with van der Waals surface area (Å²) in [6.07, 6.45) is -1.37. The Balaban J connectivity index is 1.48. The lowest BCUT2D eigenvalue weighted by molar-refractivity contribution is -0.138. The van der Waals surface area contributed by atoms with E-state index in [9.17, 15) is 32.3 Å². The second kappa shape index (κ2) is 8.58. The quantitative estimate of drug-likeness (QED) is 0.342. The first-order chi connectivity index (χ1) is 19.5. The van der Waals surface area contributed by atoms with Crippen LogP contribution < -0.4 is 16.9 Å². The van der Waals surface area contributed by atoms with E-state index in [1.54, 1.807) is 36.7 Å². The van der Waals surface area contributed by atoms with Crippen LogP contribution in [0.1, 0.15) is 71.2 Å². The van der Waals surface area contributed by atoms with Crippen molar-refractivity contribution >= 4 is 17.0 Å². The van der Waals surface area contributed by atoms with Crippen molar-refractivity contribution < 1.29 is 22.7 Å². The fourth-order valence-corrected chi connectivity index (χ4v) is 6.50. The number of ether oxygens (including phenoxy) is 1. The maximum absolute atomic E-state index is 14.1. The van der Waals surface area contributed by atoms with Crippen molar-refractivity contribution in [3.63, 3.8) is 0 Å². The Bertz CT molecular complexity index is 1960. The number of halogens is 3. The molecule has 2 aromatic heterocycles. The predicted molar refractivity (Wildman–Crippen MR) is 142 cm³/mol. The van der Waals surface area contributed by atoms with Crippen LogP contribution in [0.4, 0.5) is 13.2 Å². The lowest BCUT2D eigenvalue weighted by atomic mass is 9.97. The van der Waals surface area contributed by atoms with Gasteiger partial charge in [-0.2, -0.15) is 13.2 Å². The maximum Gasteiger partial charge on any atom is 0.416 e. The Morgan fingerprint density at radius 3 is 2.46 bits per heavy atom. The summed E-state index contributed by atoms with van der Waals surface area (Å²) in [7, 11) is 1.66. The van der Waals surface area contributed by atoms with Crippen molar-refractivity contribution in [1.29, 1.82) is 0 Å². The van der Waals surface area contributed by atoms with Crippen molar-refractivity contribution in [1.82, 2.24) is 18.3 Å². The van der Waals surface area contributed by atoms with Gasteiger partial charge in [-0.25, -0.2) is 14.4 Å². The molecule has 4 aromatic rings. The van der Waals surface area contributed by atoms with E-state index in [1.807, 2.05) is 0 Å². The van der Waals surface area contributed by atoms with Gasteiger partial charge in [0, 0.05) is 19.3 Å². The van der Waals surface area contributed by atoms with Gasteiger partial charge in [0.1, 0.15) is 5.56 Å². The number of nitrogens with zero attached hydrogens (tertiary/aromatic N) is 4. The number of aromatic nitrogens is 4. The van der Waals surface area contributed by atoms with Crippen molar-refractivity contribution in [2.75, 3.05) is 6.61 Å². The van der Waals surface area contributed by atoms with E-state index in [4.69, 9.17) is 4.74 Å². The first-order valence-corrected chi connectivity index (χ1v) is 13.5. The highest BCUT2D eigenvalue weighted by molar-refractivity contribution is 5.89. The number of rotatable bonds is 5. The number of imidazole rings is 1. The molecule has 2 heterocycles. The molecular weight excluding hydrogens is 541 g/mol. The van der Waals surface area contributed by atoms with E-state index in [-0.39, 0.29) is 35.4 Å². The molecule has 0 saturated heterocycles. The van der Waals surface area contributed by atoms with Gasteiger partial charge < -0.3 is 4.74 Å². The van der Waals surface area contributed by atoms with Crippen LogP contribution >= 0.6 is 0 Å². The number of carbonyl (C=O) groups is 1. The van der Waals surface area contributed by atoms with Crippen molar-refractivity contribution in [3.05, 3.63) is 96.2 Å². The van der Waals surface area contributed by atoms with Gasteiger partial charge in [-0.05, 0) is 73.4 Å². The minimum atomic E-state index is -4.59. The summed E-state index contributed by atoms with van der Waals surface area (Å²) in [5.74, 6) is -1.76. The van der Waals surface area contributed by atoms with E-state index in [0.717, 1.165) is 34.2 Å².